The molecule has 0 amide bonds. The second kappa shape index (κ2) is 8.18. The van der Waals surface area contributed by atoms with Crippen LogP contribution in [0.3, 0.4) is 0 Å². The van der Waals surface area contributed by atoms with Crippen LogP contribution in [0.4, 0.5) is 10.3 Å². The second-order valence-electron chi connectivity index (χ2n) is 7.68. The molecule has 0 spiro atoms. The largest absolute Gasteiger partial charge is 0.341 e. The highest BCUT2D eigenvalue weighted by Crippen LogP contribution is 2.26. The Hall–Kier alpha value is -3.35. The lowest BCUT2D eigenvalue weighted by molar-refractivity contribution is 0.0906. The van der Waals surface area contributed by atoms with Crippen molar-refractivity contribution in [2.75, 3.05) is 18.0 Å². The molecule has 30 heavy (non-hydrogen) atoms. The van der Waals surface area contributed by atoms with Gasteiger partial charge in [0.05, 0.1) is 5.69 Å². The van der Waals surface area contributed by atoms with Crippen molar-refractivity contribution in [3.63, 3.8) is 0 Å². The van der Waals surface area contributed by atoms with Crippen molar-refractivity contribution in [3.8, 4) is 11.3 Å². The van der Waals surface area contributed by atoms with E-state index in [0.29, 0.717) is 35.9 Å². The van der Waals surface area contributed by atoms with Crippen LogP contribution in [-0.4, -0.2) is 33.4 Å². The standard InChI is InChI=1S/C23H23FN4O2/c1-15-12-18(24)5-6-19(15)22(30)17-4-3-11-28(14-17)23-26-20(13-21(29)27(23)2)16-7-9-25-10-8-16/h5-10,12-13,17H,3-4,11,14H2,1-2H3. The van der Waals surface area contributed by atoms with Crippen LogP contribution < -0.4 is 10.5 Å². The maximum absolute atomic E-state index is 13.4. The van der Waals surface area contributed by atoms with Crippen molar-refractivity contribution >= 4 is 11.7 Å². The topological polar surface area (TPSA) is 68.1 Å². The highest BCUT2D eigenvalue weighted by atomic mass is 19.1. The summed E-state index contributed by atoms with van der Waals surface area (Å²) in [5.74, 6) is -0.0269. The smallest absolute Gasteiger partial charge is 0.255 e. The minimum absolute atomic E-state index is 0.00693. The lowest BCUT2D eigenvalue weighted by atomic mass is 9.88. The highest BCUT2D eigenvalue weighted by Gasteiger charge is 2.29. The van der Waals surface area contributed by atoms with E-state index in [0.717, 1.165) is 18.4 Å². The zero-order valence-corrected chi connectivity index (χ0v) is 17.0. The third-order valence-electron chi connectivity index (χ3n) is 5.62. The third kappa shape index (κ3) is 3.87. The summed E-state index contributed by atoms with van der Waals surface area (Å²) in [4.78, 5) is 36.4. The monoisotopic (exact) mass is 406 g/mol. The van der Waals surface area contributed by atoms with Crippen LogP contribution in [0.5, 0.6) is 0 Å². The SMILES string of the molecule is Cc1cc(F)ccc1C(=O)C1CCCN(c2nc(-c3ccncc3)cc(=O)n2C)C1. The maximum Gasteiger partial charge on any atom is 0.255 e. The van der Waals surface area contributed by atoms with E-state index in [1.165, 1.54) is 22.8 Å². The molecule has 0 aliphatic carbocycles. The van der Waals surface area contributed by atoms with Crippen LogP contribution in [-0.2, 0) is 7.05 Å². The van der Waals surface area contributed by atoms with Gasteiger partial charge < -0.3 is 4.90 Å². The number of piperidine rings is 1. The number of Topliss-reactive ketones (excluding diaryl/α,β-unsaturated/α-hetero) is 1. The molecule has 3 aromatic rings. The van der Waals surface area contributed by atoms with E-state index in [2.05, 4.69) is 4.98 Å². The number of rotatable bonds is 4. The third-order valence-corrected chi connectivity index (χ3v) is 5.62. The summed E-state index contributed by atoms with van der Waals surface area (Å²) in [6, 6.07) is 9.40. The Morgan fingerprint density at radius 2 is 1.93 bits per heavy atom. The normalized spacial score (nSPS) is 16.5. The molecule has 1 unspecified atom stereocenters. The van der Waals surface area contributed by atoms with Gasteiger partial charge >= 0.3 is 0 Å². The number of aryl methyl sites for hydroxylation is 1. The van der Waals surface area contributed by atoms with Gasteiger partial charge in [0, 0.05) is 55.6 Å². The molecule has 0 N–H and O–H groups in total. The van der Waals surface area contributed by atoms with Gasteiger partial charge in [-0.2, -0.15) is 0 Å². The lowest BCUT2D eigenvalue weighted by Gasteiger charge is -2.33. The van der Waals surface area contributed by atoms with E-state index < -0.39 is 0 Å². The molecule has 0 saturated carbocycles. The van der Waals surface area contributed by atoms with E-state index in [-0.39, 0.29) is 23.1 Å². The van der Waals surface area contributed by atoms with Crippen molar-refractivity contribution in [2.24, 2.45) is 13.0 Å². The number of anilines is 1. The van der Waals surface area contributed by atoms with Gasteiger partial charge in [0.1, 0.15) is 5.82 Å². The molecule has 1 aliphatic heterocycles. The molecule has 1 aromatic carbocycles. The van der Waals surface area contributed by atoms with Crippen LogP contribution in [0.25, 0.3) is 11.3 Å². The Kier molecular flexibility index (Phi) is 5.44. The first-order chi connectivity index (χ1) is 14.4. The molecule has 1 fully saturated rings. The fraction of sp³-hybridized carbons (Fsp3) is 0.304. The van der Waals surface area contributed by atoms with Gasteiger partial charge in [0.15, 0.2) is 5.78 Å². The van der Waals surface area contributed by atoms with Crippen molar-refractivity contribution in [3.05, 3.63) is 76.1 Å². The van der Waals surface area contributed by atoms with Crippen molar-refractivity contribution in [2.45, 2.75) is 19.8 Å². The molecule has 6 nitrogen and oxygen atoms in total. The van der Waals surface area contributed by atoms with Gasteiger partial charge in [-0.3, -0.25) is 19.1 Å². The Balaban J connectivity index is 1.64. The summed E-state index contributed by atoms with van der Waals surface area (Å²) in [5.41, 5.74) is 2.43. The Morgan fingerprint density at radius 1 is 1.17 bits per heavy atom. The maximum atomic E-state index is 13.4. The molecular weight excluding hydrogens is 383 g/mol. The first kappa shape index (κ1) is 19.9. The van der Waals surface area contributed by atoms with Gasteiger partial charge in [0.2, 0.25) is 5.95 Å². The molecule has 4 rings (SSSR count). The average molecular weight is 406 g/mol. The number of pyridine rings is 1. The molecule has 154 valence electrons. The number of ketones is 1. The van der Waals surface area contributed by atoms with Crippen molar-refractivity contribution < 1.29 is 9.18 Å². The molecule has 3 heterocycles. The quantitative estimate of drug-likeness (QED) is 0.622. The Labute approximate surface area is 174 Å². The zero-order chi connectivity index (χ0) is 21.3. The number of hydrogen-bond donors (Lipinski definition) is 0. The first-order valence-corrected chi connectivity index (χ1v) is 9.98. The van der Waals surface area contributed by atoms with Crippen LogP contribution in [0.15, 0.2) is 53.6 Å². The lowest BCUT2D eigenvalue weighted by Crippen LogP contribution is -2.42. The molecule has 1 aliphatic rings. The summed E-state index contributed by atoms with van der Waals surface area (Å²) in [5, 5.41) is 0. The van der Waals surface area contributed by atoms with Crippen LogP contribution in [0.2, 0.25) is 0 Å². The number of carbonyl (C=O) groups is 1. The van der Waals surface area contributed by atoms with E-state index in [1.807, 2.05) is 17.0 Å². The molecule has 0 radical (unpaired) electrons. The number of nitrogens with zero attached hydrogens (tertiary/aromatic N) is 4. The van der Waals surface area contributed by atoms with Gasteiger partial charge in [0.25, 0.3) is 5.56 Å². The summed E-state index contributed by atoms with van der Waals surface area (Å²) in [6.07, 6.45) is 4.89. The van der Waals surface area contributed by atoms with Crippen LogP contribution >= 0.6 is 0 Å². The molecule has 0 bridgehead atoms. The van der Waals surface area contributed by atoms with E-state index in [9.17, 15) is 14.0 Å². The summed E-state index contributed by atoms with van der Waals surface area (Å²) in [6.45, 7) is 2.93. The number of hydrogen-bond acceptors (Lipinski definition) is 5. The number of carbonyl (C=O) groups excluding carboxylic acids is 1. The van der Waals surface area contributed by atoms with Crippen molar-refractivity contribution in [1.82, 2.24) is 14.5 Å². The first-order valence-electron chi connectivity index (χ1n) is 9.98. The highest BCUT2D eigenvalue weighted by molar-refractivity contribution is 5.99. The Bertz CT molecular complexity index is 1140. The fourth-order valence-electron chi connectivity index (χ4n) is 3.98. The second-order valence-corrected chi connectivity index (χ2v) is 7.68. The number of aromatic nitrogens is 3. The predicted molar refractivity (Wildman–Crippen MR) is 113 cm³/mol. The van der Waals surface area contributed by atoms with Crippen molar-refractivity contribution in [1.29, 1.82) is 0 Å². The molecule has 7 heteroatoms. The number of halogens is 1. The summed E-state index contributed by atoms with van der Waals surface area (Å²) >= 11 is 0. The molecule has 1 atom stereocenters. The average Bonchev–Trinajstić information content (AvgIpc) is 2.76. The van der Waals surface area contributed by atoms with E-state index in [4.69, 9.17) is 4.98 Å². The Morgan fingerprint density at radius 3 is 2.67 bits per heavy atom. The van der Waals surface area contributed by atoms with Crippen LogP contribution in [0, 0.1) is 18.7 Å². The molecular formula is C23H23FN4O2. The molecule has 2 aromatic heterocycles. The van der Waals surface area contributed by atoms with Gasteiger partial charge in [-0.15, -0.1) is 0 Å². The fourth-order valence-corrected chi connectivity index (χ4v) is 3.98. The predicted octanol–water partition coefficient (Wildman–Crippen LogP) is 3.39. The minimum atomic E-state index is -0.346. The summed E-state index contributed by atoms with van der Waals surface area (Å²) < 4.78 is 14.9. The molecule has 1 saturated heterocycles. The minimum Gasteiger partial charge on any atom is -0.341 e. The van der Waals surface area contributed by atoms with Gasteiger partial charge in [-0.1, -0.05) is 0 Å². The van der Waals surface area contributed by atoms with E-state index in [1.54, 1.807) is 32.4 Å². The summed E-state index contributed by atoms with van der Waals surface area (Å²) in [7, 11) is 1.69. The van der Waals surface area contributed by atoms with Gasteiger partial charge in [-0.05, 0) is 55.7 Å². The zero-order valence-electron chi connectivity index (χ0n) is 17.0. The van der Waals surface area contributed by atoms with E-state index >= 15 is 0 Å². The number of benzene rings is 1. The van der Waals surface area contributed by atoms with Crippen LogP contribution in [0.1, 0.15) is 28.8 Å². The van der Waals surface area contributed by atoms with Gasteiger partial charge in [-0.25, -0.2) is 9.37 Å².